The molecule has 0 bridgehead atoms. The quantitative estimate of drug-likeness (QED) is 0.400. The summed E-state index contributed by atoms with van der Waals surface area (Å²) in [7, 11) is 4.42. The molecule has 0 spiro atoms. The average molecular weight is 406 g/mol. The monoisotopic (exact) mass is 405 g/mol. The molecule has 2 aromatic rings. The van der Waals surface area contributed by atoms with Gasteiger partial charge in [0.1, 0.15) is 12.6 Å². The fourth-order valence-electron chi connectivity index (χ4n) is 2.47. The molecule has 10 nitrogen and oxygen atoms in total. The van der Waals surface area contributed by atoms with Crippen molar-refractivity contribution in [1.82, 2.24) is 20.4 Å². The predicted molar refractivity (Wildman–Crippen MR) is 112 cm³/mol. The SMILES string of the molecule is CN.CN.CNC(=O)[C@H](CC(N)=O)NC(=O)Cn1nc(C)cc1-c1ccccc1. The Morgan fingerprint density at radius 3 is 2.21 bits per heavy atom. The Labute approximate surface area is 170 Å². The maximum absolute atomic E-state index is 12.3. The molecule has 3 amide bonds. The molecule has 1 heterocycles. The van der Waals surface area contributed by atoms with E-state index >= 15 is 0 Å². The Morgan fingerprint density at radius 1 is 1.10 bits per heavy atom. The van der Waals surface area contributed by atoms with Crippen molar-refractivity contribution in [2.45, 2.75) is 25.9 Å². The molecule has 0 aliphatic rings. The smallest absolute Gasteiger partial charge is 0.242 e. The van der Waals surface area contributed by atoms with Crippen molar-refractivity contribution in [1.29, 1.82) is 0 Å². The Hall–Kier alpha value is -3.24. The molecule has 29 heavy (non-hydrogen) atoms. The number of carbonyl (C=O) groups excluding carboxylic acids is 3. The van der Waals surface area contributed by atoms with Crippen LogP contribution in [0.3, 0.4) is 0 Å². The first kappa shape index (κ1) is 25.8. The third kappa shape index (κ3) is 8.54. The Bertz CT molecular complexity index is 775. The van der Waals surface area contributed by atoms with Crippen LogP contribution in [0.1, 0.15) is 12.1 Å². The molecule has 1 atom stereocenters. The molecule has 0 aliphatic carbocycles. The molecule has 0 saturated carbocycles. The van der Waals surface area contributed by atoms with E-state index in [1.165, 1.54) is 21.1 Å². The predicted octanol–water partition coefficient (Wildman–Crippen LogP) is -0.885. The van der Waals surface area contributed by atoms with Gasteiger partial charge >= 0.3 is 0 Å². The van der Waals surface area contributed by atoms with Crippen molar-refractivity contribution >= 4 is 17.7 Å². The summed E-state index contributed by atoms with van der Waals surface area (Å²) in [6.07, 6.45) is -0.269. The summed E-state index contributed by atoms with van der Waals surface area (Å²) in [5.74, 6) is -1.59. The largest absolute Gasteiger partial charge is 0.370 e. The molecule has 8 N–H and O–H groups in total. The highest BCUT2D eigenvalue weighted by Crippen LogP contribution is 2.19. The number of hydrogen-bond acceptors (Lipinski definition) is 6. The molecule has 0 saturated heterocycles. The maximum Gasteiger partial charge on any atom is 0.242 e. The van der Waals surface area contributed by atoms with Crippen LogP contribution in [-0.4, -0.2) is 54.7 Å². The van der Waals surface area contributed by atoms with Gasteiger partial charge in [0, 0.05) is 7.05 Å². The van der Waals surface area contributed by atoms with Gasteiger partial charge in [0.2, 0.25) is 17.7 Å². The number of amides is 3. The van der Waals surface area contributed by atoms with Crippen LogP contribution in [0.4, 0.5) is 0 Å². The van der Waals surface area contributed by atoms with Crippen molar-refractivity contribution in [2.24, 2.45) is 17.2 Å². The van der Waals surface area contributed by atoms with E-state index in [-0.39, 0.29) is 13.0 Å². The lowest BCUT2D eigenvalue weighted by Gasteiger charge is -2.16. The number of nitrogens with zero attached hydrogens (tertiary/aromatic N) is 2. The fourth-order valence-corrected chi connectivity index (χ4v) is 2.47. The summed E-state index contributed by atoms with van der Waals surface area (Å²) >= 11 is 0. The van der Waals surface area contributed by atoms with Gasteiger partial charge in [-0.3, -0.25) is 19.1 Å². The van der Waals surface area contributed by atoms with Gasteiger partial charge in [-0.2, -0.15) is 5.10 Å². The zero-order valence-corrected chi connectivity index (χ0v) is 17.3. The van der Waals surface area contributed by atoms with Crippen molar-refractivity contribution in [2.75, 3.05) is 21.1 Å². The summed E-state index contributed by atoms with van der Waals surface area (Å²) in [5, 5.41) is 9.24. The maximum atomic E-state index is 12.3. The molecule has 0 aliphatic heterocycles. The van der Waals surface area contributed by atoms with Crippen molar-refractivity contribution < 1.29 is 14.4 Å². The number of benzene rings is 1. The third-order valence-electron chi connectivity index (χ3n) is 3.57. The second kappa shape index (κ2) is 13.9. The zero-order valence-electron chi connectivity index (χ0n) is 17.3. The Kier molecular flexibility index (Phi) is 12.3. The van der Waals surface area contributed by atoms with Gasteiger partial charge in [0.05, 0.1) is 17.8 Å². The van der Waals surface area contributed by atoms with Crippen molar-refractivity contribution in [3.05, 3.63) is 42.1 Å². The number of likely N-dealkylation sites (N-methyl/N-ethyl adjacent to an activating group) is 1. The van der Waals surface area contributed by atoms with Crippen molar-refractivity contribution in [3.63, 3.8) is 0 Å². The molecule has 1 aromatic carbocycles. The van der Waals surface area contributed by atoms with E-state index in [2.05, 4.69) is 27.2 Å². The van der Waals surface area contributed by atoms with Gasteiger partial charge in [-0.05, 0) is 32.6 Å². The van der Waals surface area contributed by atoms with Crippen LogP contribution in [0.15, 0.2) is 36.4 Å². The molecule has 160 valence electrons. The first-order valence-electron chi connectivity index (χ1n) is 8.95. The van der Waals surface area contributed by atoms with Crippen LogP contribution in [0.25, 0.3) is 11.3 Å². The van der Waals surface area contributed by atoms with Crippen LogP contribution in [0.5, 0.6) is 0 Å². The number of hydrogen-bond donors (Lipinski definition) is 5. The van der Waals surface area contributed by atoms with Gasteiger partial charge in [-0.1, -0.05) is 30.3 Å². The highest BCUT2D eigenvalue weighted by Gasteiger charge is 2.22. The van der Waals surface area contributed by atoms with Crippen LogP contribution in [-0.2, 0) is 20.9 Å². The van der Waals surface area contributed by atoms with Gasteiger partial charge in [-0.25, -0.2) is 0 Å². The normalized spacial score (nSPS) is 10.4. The highest BCUT2D eigenvalue weighted by atomic mass is 16.2. The molecule has 2 rings (SSSR count). The van der Waals surface area contributed by atoms with Gasteiger partial charge in [0.25, 0.3) is 0 Å². The number of nitrogens with one attached hydrogen (secondary N) is 2. The minimum Gasteiger partial charge on any atom is -0.370 e. The summed E-state index contributed by atoms with van der Waals surface area (Å²) in [5.41, 5.74) is 16.6. The molecular formula is C19H31N7O3. The molecule has 0 radical (unpaired) electrons. The molecule has 1 aromatic heterocycles. The summed E-state index contributed by atoms with van der Waals surface area (Å²) in [6, 6.07) is 10.4. The van der Waals surface area contributed by atoms with Crippen LogP contribution in [0, 0.1) is 6.92 Å². The lowest BCUT2D eigenvalue weighted by atomic mass is 10.1. The lowest BCUT2D eigenvalue weighted by molar-refractivity contribution is -0.131. The van der Waals surface area contributed by atoms with E-state index < -0.39 is 23.8 Å². The zero-order chi connectivity index (χ0) is 22.4. The van der Waals surface area contributed by atoms with Crippen LogP contribution < -0.4 is 27.8 Å². The van der Waals surface area contributed by atoms with Gasteiger partial charge < -0.3 is 27.8 Å². The number of aromatic nitrogens is 2. The molecule has 0 unspecified atom stereocenters. The standard InChI is InChI=1S/C17H21N5O3.2CH5N/c1-11-8-14(12-6-4-3-5-7-12)22(21-11)10-16(24)20-13(9-15(18)23)17(25)19-2;2*1-2/h3-8,13H,9-10H2,1-2H3,(H2,18,23)(H,19,25)(H,20,24);2*2H2,1H3/t13-;;/m0../s1. The fraction of sp³-hybridized carbons (Fsp3) is 0.368. The Morgan fingerprint density at radius 2 is 1.69 bits per heavy atom. The number of aryl methyl sites for hydroxylation is 1. The second-order valence-electron chi connectivity index (χ2n) is 5.60. The number of rotatable bonds is 7. The minimum atomic E-state index is -1.01. The number of carbonyl (C=O) groups is 3. The van der Waals surface area contributed by atoms with Crippen molar-refractivity contribution in [3.8, 4) is 11.3 Å². The third-order valence-corrected chi connectivity index (χ3v) is 3.57. The lowest BCUT2D eigenvalue weighted by Crippen LogP contribution is -2.48. The minimum absolute atomic E-state index is 0.0790. The summed E-state index contributed by atoms with van der Waals surface area (Å²) < 4.78 is 1.56. The molecule has 10 heteroatoms. The number of primary amides is 1. The van der Waals surface area contributed by atoms with Crippen LogP contribution >= 0.6 is 0 Å². The number of nitrogens with two attached hydrogens (primary N) is 3. The van der Waals surface area contributed by atoms with E-state index in [0.717, 1.165) is 17.0 Å². The van der Waals surface area contributed by atoms with Gasteiger partial charge in [-0.15, -0.1) is 0 Å². The first-order valence-corrected chi connectivity index (χ1v) is 8.95. The van der Waals surface area contributed by atoms with E-state index in [1.807, 2.05) is 43.3 Å². The van der Waals surface area contributed by atoms with E-state index in [1.54, 1.807) is 4.68 Å². The summed E-state index contributed by atoms with van der Waals surface area (Å²) in [4.78, 5) is 35.2. The average Bonchev–Trinajstić information content (AvgIpc) is 3.10. The Balaban J connectivity index is 0.00000184. The molecular weight excluding hydrogens is 374 g/mol. The van der Waals surface area contributed by atoms with Gasteiger partial charge in [0.15, 0.2) is 0 Å². The van der Waals surface area contributed by atoms with E-state index in [0.29, 0.717) is 0 Å². The summed E-state index contributed by atoms with van der Waals surface area (Å²) in [6.45, 7) is 1.76. The highest BCUT2D eigenvalue weighted by molar-refractivity contribution is 5.91. The van der Waals surface area contributed by atoms with E-state index in [9.17, 15) is 14.4 Å². The van der Waals surface area contributed by atoms with E-state index in [4.69, 9.17) is 5.73 Å². The topological polar surface area (TPSA) is 171 Å². The first-order chi connectivity index (χ1) is 13.9. The second-order valence-corrected chi connectivity index (χ2v) is 5.60. The molecule has 0 fully saturated rings. The van der Waals surface area contributed by atoms with Crippen LogP contribution in [0.2, 0.25) is 0 Å².